The normalized spacial score (nSPS) is 25.4. The van der Waals surface area contributed by atoms with E-state index in [-0.39, 0.29) is 17.6 Å². The van der Waals surface area contributed by atoms with Gasteiger partial charge in [-0.25, -0.2) is 0 Å². The lowest BCUT2D eigenvalue weighted by molar-refractivity contribution is -0.157. The standard InChI is InChI=1S/C21H32N4O6/c1-11(2)18-16(27)8-9-17(28)25(18)21(31)15-7-6-10-24(15)20(30)13(4)23-19(29)12(3)22-14(5)26/h8-9,11-13,15,17-18,28H,6-7,10H2,1-5H3,(H,22,26)(H,23,29)/t12-,13-,15-,17?,18?/m0/s1. The van der Waals surface area contributed by atoms with E-state index in [0.29, 0.717) is 19.4 Å². The summed E-state index contributed by atoms with van der Waals surface area (Å²) in [7, 11) is 0. The average Bonchev–Trinajstić information content (AvgIpc) is 3.17. The van der Waals surface area contributed by atoms with Crippen LogP contribution in [0.1, 0.15) is 47.5 Å². The quantitative estimate of drug-likeness (QED) is 0.505. The highest BCUT2D eigenvalue weighted by Gasteiger charge is 2.44. The molecule has 0 aromatic carbocycles. The predicted molar refractivity (Wildman–Crippen MR) is 111 cm³/mol. The molecule has 10 nitrogen and oxygen atoms in total. The van der Waals surface area contributed by atoms with Gasteiger partial charge < -0.3 is 25.5 Å². The molecule has 2 rings (SSSR count). The summed E-state index contributed by atoms with van der Waals surface area (Å²) in [5, 5.41) is 15.4. The Morgan fingerprint density at radius 2 is 1.74 bits per heavy atom. The first-order valence-corrected chi connectivity index (χ1v) is 10.6. The van der Waals surface area contributed by atoms with E-state index in [4.69, 9.17) is 0 Å². The number of hydrogen-bond donors (Lipinski definition) is 3. The first-order chi connectivity index (χ1) is 14.5. The predicted octanol–water partition coefficient (Wildman–Crippen LogP) is -0.683. The van der Waals surface area contributed by atoms with Gasteiger partial charge in [0.2, 0.25) is 23.6 Å². The third-order valence-corrected chi connectivity index (χ3v) is 5.56. The van der Waals surface area contributed by atoms with Gasteiger partial charge in [-0.1, -0.05) is 13.8 Å². The zero-order valence-electron chi connectivity index (χ0n) is 18.6. The van der Waals surface area contributed by atoms with Gasteiger partial charge in [0.1, 0.15) is 24.4 Å². The molecule has 31 heavy (non-hydrogen) atoms. The van der Waals surface area contributed by atoms with E-state index in [2.05, 4.69) is 10.6 Å². The lowest BCUT2D eigenvalue weighted by Crippen LogP contribution is -2.60. The molecule has 1 saturated heterocycles. The van der Waals surface area contributed by atoms with Crippen molar-refractivity contribution in [3.05, 3.63) is 12.2 Å². The molecule has 2 unspecified atom stereocenters. The van der Waals surface area contributed by atoms with Crippen LogP contribution in [-0.4, -0.2) is 81.3 Å². The highest BCUT2D eigenvalue weighted by Crippen LogP contribution is 2.26. The fourth-order valence-corrected chi connectivity index (χ4v) is 4.07. The Morgan fingerprint density at radius 1 is 1.10 bits per heavy atom. The van der Waals surface area contributed by atoms with Gasteiger partial charge in [-0.3, -0.25) is 24.0 Å². The highest BCUT2D eigenvalue weighted by atomic mass is 16.3. The van der Waals surface area contributed by atoms with Gasteiger partial charge in [0.25, 0.3) is 0 Å². The Labute approximate surface area is 182 Å². The number of ketones is 1. The minimum absolute atomic E-state index is 0.213. The minimum Gasteiger partial charge on any atom is -0.370 e. The minimum atomic E-state index is -1.24. The van der Waals surface area contributed by atoms with Crippen LogP contribution in [0.25, 0.3) is 0 Å². The molecule has 0 radical (unpaired) electrons. The number of amides is 4. The molecular formula is C21H32N4O6. The molecule has 0 aromatic heterocycles. The molecule has 4 amide bonds. The van der Waals surface area contributed by atoms with Gasteiger partial charge in [-0.2, -0.15) is 0 Å². The molecule has 0 spiro atoms. The van der Waals surface area contributed by atoms with Crippen LogP contribution in [0.2, 0.25) is 0 Å². The van der Waals surface area contributed by atoms with Crippen molar-refractivity contribution in [1.82, 2.24) is 20.4 Å². The summed E-state index contributed by atoms with van der Waals surface area (Å²) in [6.07, 6.45) is 2.30. The van der Waals surface area contributed by atoms with Crippen LogP contribution in [0, 0.1) is 5.92 Å². The molecule has 5 atom stereocenters. The molecule has 0 aliphatic carbocycles. The van der Waals surface area contributed by atoms with Crippen molar-refractivity contribution in [1.29, 1.82) is 0 Å². The molecule has 172 valence electrons. The molecule has 0 saturated carbocycles. The summed E-state index contributed by atoms with van der Waals surface area (Å²) in [6.45, 7) is 8.22. The van der Waals surface area contributed by atoms with E-state index in [1.807, 2.05) is 0 Å². The highest BCUT2D eigenvalue weighted by molar-refractivity contribution is 6.00. The van der Waals surface area contributed by atoms with Crippen molar-refractivity contribution in [3.63, 3.8) is 0 Å². The van der Waals surface area contributed by atoms with Gasteiger partial charge >= 0.3 is 0 Å². The van der Waals surface area contributed by atoms with Gasteiger partial charge in [0, 0.05) is 13.5 Å². The summed E-state index contributed by atoms with van der Waals surface area (Å²) in [4.78, 5) is 64.5. The van der Waals surface area contributed by atoms with Crippen LogP contribution in [0.4, 0.5) is 0 Å². The number of carbonyl (C=O) groups is 5. The maximum Gasteiger partial charge on any atom is 0.248 e. The fourth-order valence-electron chi connectivity index (χ4n) is 4.07. The summed E-state index contributed by atoms with van der Waals surface area (Å²) in [6, 6.07) is -3.35. The van der Waals surface area contributed by atoms with Crippen molar-refractivity contribution in [2.24, 2.45) is 5.92 Å². The molecule has 2 heterocycles. The Kier molecular flexibility index (Phi) is 7.94. The van der Waals surface area contributed by atoms with E-state index < -0.39 is 48.1 Å². The number of aliphatic hydroxyl groups excluding tert-OH is 1. The number of hydrogen-bond acceptors (Lipinski definition) is 6. The van der Waals surface area contributed by atoms with Gasteiger partial charge in [0.15, 0.2) is 5.78 Å². The first kappa shape index (κ1) is 24.5. The van der Waals surface area contributed by atoms with Gasteiger partial charge in [-0.15, -0.1) is 0 Å². The molecule has 3 N–H and O–H groups in total. The second kappa shape index (κ2) is 10.0. The Bertz CT molecular complexity index is 780. The smallest absolute Gasteiger partial charge is 0.248 e. The Balaban J connectivity index is 2.14. The largest absolute Gasteiger partial charge is 0.370 e. The second-order valence-electron chi connectivity index (χ2n) is 8.45. The third-order valence-electron chi connectivity index (χ3n) is 5.56. The molecule has 10 heteroatoms. The number of nitrogens with zero attached hydrogens (tertiary/aromatic N) is 2. The second-order valence-corrected chi connectivity index (χ2v) is 8.45. The van der Waals surface area contributed by atoms with E-state index in [0.717, 1.165) is 4.90 Å². The average molecular weight is 437 g/mol. The third kappa shape index (κ3) is 5.49. The number of likely N-dealkylation sites (tertiary alicyclic amines) is 1. The van der Waals surface area contributed by atoms with E-state index >= 15 is 0 Å². The van der Waals surface area contributed by atoms with Crippen LogP contribution in [0.5, 0.6) is 0 Å². The lowest BCUT2D eigenvalue weighted by atomic mass is 9.93. The molecule has 2 aliphatic heterocycles. The first-order valence-electron chi connectivity index (χ1n) is 10.6. The summed E-state index contributed by atoms with van der Waals surface area (Å²) in [5.41, 5.74) is 0. The number of aliphatic hydroxyl groups is 1. The maximum atomic E-state index is 13.3. The number of rotatable bonds is 6. The zero-order valence-corrected chi connectivity index (χ0v) is 18.6. The number of nitrogens with one attached hydrogen (secondary N) is 2. The maximum absolute atomic E-state index is 13.3. The molecular weight excluding hydrogens is 404 g/mol. The van der Waals surface area contributed by atoms with Crippen molar-refractivity contribution in [3.8, 4) is 0 Å². The molecule has 2 aliphatic rings. The molecule has 0 aromatic rings. The van der Waals surface area contributed by atoms with Crippen molar-refractivity contribution < 1.29 is 29.1 Å². The SMILES string of the molecule is CC(=O)N[C@@H](C)C(=O)N[C@@H](C)C(=O)N1CCC[C@H]1C(=O)N1C(O)C=CC(=O)C1C(C)C. The summed E-state index contributed by atoms with van der Waals surface area (Å²) >= 11 is 0. The lowest BCUT2D eigenvalue weighted by Gasteiger charge is -2.40. The monoisotopic (exact) mass is 436 g/mol. The zero-order chi connectivity index (χ0) is 23.5. The van der Waals surface area contributed by atoms with Gasteiger partial charge in [-0.05, 0) is 44.8 Å². The van der Waals surface area contributed by atoms with Crippen molar-refractivity contribution >= 4 is 29.4 Å². The van der Waals surface area contributed by atoms with Crippen LogP contribution >= 0.6 is 0 Å². The van der Waals surface area contributed by atoms with Crippen LogP contribution in [0.15, 0.2) is 12.2 Å². The molecule has 1 fully saturated rings. The topological polar surface area (TPSA) is 136 Å². The number of carbonyl (C=O) groups excluding carboxylic acids is 5. The Morgan fingerprint density at radius 3 is 2.32 bits per heavy atom. The van der Waals surface area contributed by atoms with Crippen molar-refractivity contribution in [2.45, 2.75) is 77.9 Å². The summed E-state index contributed by atoms with van der Waals surface area (Å²) < 4.78 is 0. The fraction of sp³-hybridized carbons (Fsp3) is 0.667. The van der Waals surface area contributed by atoms with Crippen molar-refractivity contribution in [2.75, 3.05) is 6.54 Å². The van der Waals surface area contributed by atoms with E-state index in [9.17, 15) is 29.1 Å². The summed E-state index contributed by atoms with van der Waals surface area (Å²) in [5.74, 6) is -2.28. The van der Waals surface area contributed by atoms with E-state index in [1.54, 1.807) is 13.8 Å². The van der Waals surface area contributed by atoms with Crippen LogP contribution in [-0.2, 0) is 24.0 Å². The van der Waals surface area contributed by atoms with E-state index in [1.165, 1.54) is 37.8 Å². The Hall–Kier alpha value is -2.75. The van der Waals surface area contributed by atoms with Crippen LogP contribution in [0.3, 0.4) is 0 Å². The molecule has 0 bridgehead atoms. The van der Waals surface area contributed by atoms with Gasteiger partial charge in [0.05, 0.1) is 6.04 Å². The van der Waals surface area contributed by atoms with Crippen LogP contribution < -0.4 is 10.6 Å².